The van der Waals surface area contributed by atoms with Crippen LogP contribution in [0.2, 0.25) is 0 Å². The number of esters is 1. The molecular formula is C36H38O19. The first kappa shape index (κ1) is 39.3. The van der Waals surface area contributed by atoms with Crippen LogP contribution in [0, 0.1) is 0 Å². The van der Waals surface area contributed by atoms with E-state index in [1.807, 2.05) is 0 Å². The number of phenolic OH excluding ortho intramolecular Hbond substituents is 4. The number of rotatable bonds is 10. The molecule has 55 heavy (non-hydrogen) atoms. The Morgan fingerprint density at radius 1 is 0.764 bits per heavy atom. The third-order valence-electron chi connectivity index (χ3n) is 9.12. The van der Waals surface area contributed by atoms with E-state index in [9.17, 15) is 55.5 Å². The van der Waals surface area contributed by atoms with Crippen molar-refractivity contribution in [2.24, 2.45) is 0 Å². The molecule has 6 rings (SSSR count). The van der Waals surface area contributed by atoms with E-state index in [4.69, 9.17) is 37.6 Å². The highest BCUT2D eigenvalue weighted by Gasteiger charge is 2.49. The predicted molar refractivity (Wildman–Crippen MR) is 183 cm³/mol. The lowest BCUT2D eigenvalue weighted by molar-refractivity contribution is -0.318. The van der Waals surface area contributed by atoms with Gasteiger partial charge in [0.2, 0.25) is 23.2 Å². The summed E-state index contributed by atoms with van der Waals surface area (Å²) in [5.74, 6) is -3.92. The minimum Gasteiger partial charge on any atom is -0.508 e. The lowest BCUT2D eigenvalue weighted by atomic mass is 9.98. The van der Waals surface area contributed by atoms with Crippen molar-refractivity contribution in [3.8, 4) is 51.6 Å². The molecule has 0 aliphatic carbocycles. The van der Waals surface area contributed by atoms with Gasteiger partial charge in [-0.15, -0.1) is 0 Å². The number of aromatic hydroxyl groups is 4. The number of phenols is 4. The van der Waals surface area contributed by atoms with Crippen molar-refractivity contribution >= 4 is 16.9 Å². The second-order valence-electron chi connectivity index (χ2n) is 12.7. The highest BCUT2D eigenvalue weighted by molar-refractivity contribution is 5.91. The molecule has 4 aromatic rings. The van der Waals surface area contributed by atoms with Crippen LogP contribution in [0.15, 0.2) is 57.7 Å². The number of aliphatic hydroxyl groups excluding tert-OH is 5. The van der Waals surface area contributed by atoms with Crippen molar-refractivity contribution in [1.29, 1.82) is 0 Å². The molecule has 0 saturated carbocycles. The zero-order chi connectivity index (χ0) is 39.9. The van der Waals surface area contributed by atoms with Crippen LogP contribution in [-0.4, -0.2) is 134 Å². The SMILES string of the molecule is COc1cc(C(=O)O[C@H]2[C@H](OC[C@H]3O[C@@H](Oc4c(-c5ccc(O)cc5)oc5cc(O)cc(O)c5c4=O)[C@H](O)[C@@H](O)[C@H]3O)O[C@@H](C)[C@H](O)[C@H]2O)cc(OC)c1O. The molecule has 9 N–H and O–H groups in total. The molecule has 3 aromatic carbocycles. The van der Waals surface area contributed by atoms with Crippen LogP contribution >= 0.6 is 0 Å². The molecule has 0 unspecified atom stereocenters. The summed E-state index contributed by atoms with van der Waals surface area (Å²) in [5.41, 5.74) is -1.27. The number of ether oxygens (including phenoxy) is 7. The summed E-state index contributed by atoms with van der Waals surface area (Å²) >= 11 is 0. The van der Waals surface area contributed by atoms with Crippen LogP contribution in [0.4, 0.5) is 0 Å². The van der Waals surface area contributed by atoms with Gasteiger partial charge in [0, 0.05) is 17.7 Å². The summed E-state index contributed by atoms with van der Waals surface area (Å²) in [6.07, 6.45) is -17.1. The second-order valence-corrected chi connectivity index (χ2v) is 12.7. The third-order valence-corrected chi connectivity index (χ3v) is 9.12. The summed E-state index contributed by atoms with van der Waals surface area (Å²) in [6, 6.07) is 9.49. The van der Waals surface area contributed by atoms with Crippen molar-refractivity contribution < 1.29 is 88.3 Å². The van der Waals surface area contributed by atoms with E-state index in [-0.39, 0.29) is 39.7 Å². The van der Waals surface area contributed by atoms with E-state index >= 15 is 0 Å². The molecule has 0 bridgehead atoms. The average Bonchev–Trinajstić information content (AvgIpc) is 3.15. The first-order valence-electron chi connectivity index (χ1n) is 16.6. The normalized spacial score (nSPS) is 28.1. The van der Waals surface area contributed by atoms with E-state index in [2.05, 4.69) is 0 Å². The fourth-order valence-electron chi connectivity index (χ4n) is 6.10. The molecule has 2 aliphatic rings. The topological polar surface area (TPSA) is 294 Å². The van der Waals surface area contributed by atoms with Gasteiger partial charge in [-0.05, 0) is 43.3 Å². The Bertz CT molecular complexity index is 2060. The average molecular weight is 775 g/mol. The summed E-state index contributed by atoms with van der Waals surface area (Å²) < 4.78 is 44.5. The number of hydrogen-bond donors (Lipinski definition) is 9. The summed E-state index contributed by atoms with van der Waals surface area (Å²) in [5, 5.41) is 94.2. The zero-order valence-corrected chi connectivity index (χ0v) is 29.2. The summed E-state index contributed by atoms with van der Waals surface area (Å²) in [6.45, 7) is 0.699. The predicted octanol–water partition coefficient (Wildman–Crippen LogP) is 0.195. The van der Waals surface area contributed by atoms with Gasteiger partial charge in [-0.1, -0.05) is 0 Å². The van der Waals surface area contributed by atoms with E-state index in [0.29, 0.717) is 0 Å². The Morgan fingerprint density at radius 3 is 2.05 bits per heavy atom. The van der Waals surface area contributed by atoms with Gasteiger partial charge < -0.3 is 83.5 Å². The third kappa shape index (κ3) is 7.64. The molecular weight excluding hydrogens is 736 g/mol. The standard InChI is InChI=1S/C36H38O19/c1-13-24(40)29(45)33(54-34(47)15-8-20(48-2)25(41)21(9-15)49-3)36(51-13)50-12-22-26(42)28(44)30(46)35(53-22)55-32-27(43)23-18(39)10-17(38)11-19(23)52-31(32)14-4-6-16(37)7-5-14/h4-11,13,22,24,26,28-30,33,35-42,44-46H,12H2,1-3H3/t13-,22+,24-,26-,28-,29+,30+,33+,35-,36+/m0/s1. The number of hydrogen-bond acceptors (Lipinski definition) is 19. The lowest BCUT2D eigenvalue weighted by Gasteiger charge is -2.43. The fraction of sp³-hybridized carbons (Fsp3) is 0.389. The quantitative estimate of drug-likeness (QED) is 0.0972. The van der Waals surface area contributed by atoms with E-state index in [0.717, 1.165) is 24.3 Å². The molecule has 2 fully saturated rings. The largest absolute Gasteiger partial charge is 0.508 e. The molecule has 3 heterocycles. The number of aliphatic hydroxyl groups is 5. The molecule has 2 aliphatic heterocycles. The Hall–Kier alpha value is -5.38. The lowest BCUT2D eigenvalue weighted by Crippen LogP contribution is -2.62. The Kier molecular flexibility index (Phi) is 11.3. The molecule has 0 spiro atoms. The van der Waals surface area contributed by atoms with Gasteiger partial charge in [0.1, 0.15) is 64.8 Å². The maximum atomic E-state index is 13.8. The van der Waals surface area contributed by atoms with Crippen LogP contribution in [0.1, 0.15) is 17.3 Å². The number of fused-ring (bicyclic) bond motifs is 1. The van der Waals surface area contributed by atoms with Crippen LogP contribution < -0.4 is 19.6 Å². The van der Waals surface area contributed by atoms with E-state index in [1.165, 1.54) is 45.4 Å². The first-order chi connectivity index (χ1) is 26.1. The zero-order valence-electron chi connectivity index (χ0n) is 29.2. The highest BCUT2D eigenvalue weighted by atomic mass is 16.7. The van der Waals surface area contributed by atoms with Crippen molar-refractivity contribution in [2.75, 3.05) is 20.8 Å². The van der Waals surface area contributed by atoms with E-state index in [1.54, 1.807) is 0 Å². The number of benzene rings is 3. The number of methoxy groups -OCH3 is 2. The highest BCUT2D eigenvalue weighted by Crippen LogP contribution is 2.39. The van der Waals surface area contributed by atoms with Gasteiger partial charge >= 0.3 is 5.97 Å². The Morgan fingerprint density at radius 2 is 1.42 bits per heavy atom. The molecule has 296 valence electrons. The first-order valence-corrected chi connectivity index (χ1v) is 16.6. The van der Waals surface area contributed by atoms with Gasteiger partial charge in [0.25, 0.3) is 0 Å². The van der Waals surface area contributed by atoms with Crippen molar-refractivity contribution in [2.45, 2.75) is 68.3 Å². The maximum Gasteiger partial charge on any atom is 0.338 e. The van der Waals surface area contributed by atoms with Crippen molar-refractivity contribution in [1.82, 2.24) is 0 Å². The van der Waals surface area contributed by atoms with Crippen LogP contribution in [0.5, 0.6) is 40.2 Å². The molecule has 1 aromatic heterocycles. The van der Waals surface area contributed by atoms with Crippen molar-refractivity contribution in [3.63, 3.8) is 0 Å². The molecule has 0 radical (unpaired) electrons. The molecule has 19 nitrogen and oxygen atoms in total. The minimum atomic E-state index is -2.00. The van der Waals surface area contributed by atoms with E-state index < -0.39 is 108 Å². The maximum absolute atomic E-state index is 13.8. The van der Waals surface area contributed by atoms with Gasteiger partial charge in [0.05, 0.1) is 32.5 Å². The summed E-state index contributed by atoms with van der Waals surface area (Å²) in [4.78, 5) is 27.0. The Balaban J connectivity index is 1.26. The Labute approximate surface area is 310 Å². The number of carbonyl (C=O) groups is 1. The van der Waals surface area contributed by atoms with Gasteiger partial charge in [0.15, 0.2) is 29.7 Å². The molecule has 10 atom stereocenters. The molecule has 0 amide bonds. The summed E-state index contributed by atoms with van der Waals surface area (Å²) in [7, 11) is 2.47. The second kappa shape index (κ2) is 15.8. The van der Waals surface area contributed by atoms with Crippen LogP contribution in [0.3, 0.4) is 0 Å². The molecule has 19 heteroatoms. The van der Waals surface area contributed by atoms with Crippen LogP contribution in [0.25, 0.3) is 22.3 Å². The van der Waals surface area contributed by atoms with Gasteiger partial charge in [-0.25, -0.2) is 4.79 Å². The van der Waals surface area contributed by atoms with Crippen molar-refractivity contribution in [3.05, 3.63) is 64.3 Å². The molecule has 2 saturated heterocycles. The minimum absolute atomic E-state index is 0.133. The van der Waals surface area contributed by atoms with Gasteiger partial charge in [-0.2, -0.15) is 0 Å². The fourth-order valence-corrected chi connectivity index (χ4v) is 6.10. The smallest absolute Gasteiger partial charge is 0.338 e. The monoisotopic (exact) mass is 774 g/mol. The van der Waals surface area contributed by atoms with Crippen LogP contribution in [-0.2, 0) is 18.9 Å². The van der Waals surface area contributed by atoms with Gasteiger partial charge in [-0.3, -0.25) is 4.79 Å². The number of carbonyl (C=O) groups excluding carboxylic acids is 1.